The van der Waals surface area contributed by atoms with Gasteiger partial charge in [0.1, 0.15) is 11.8 Å². The zero-order valence-electron chi connectivity index (χ0n) is 9.16. The highest BCUT2D eigenvalue weighted by molar-refractivity contribution is 5.75. The average molecular weight is 218 g/mol. The van der Waals surface area contributed by atoms with E-state index in [0.717, 1.165) is 5.56 Å². The molecule has 0 aliphatic rings. The Morgan fingerprint density at radius 2 is 2.44 bits per heavy atom. The summed E-state index contributed by atoms with van der Waals surface area (Å²) in [6.07, 6.45) is 2.02. The molecule has 1 aromatic heterocycles. The maximum atomic E-state index is 10.9. The minimum absolute atomic E-state index is 0.000747. The fraction of sp³-hybridized carbons (Fsp3) is 0.364. The van der Waals surface area contributed by atoms with Crippen LogP contribution in [0.15, 0.2) is 18.3 Å². The largest absolute Gasteiger partial charge is 0.359 e. The van der Waals surface area contributed by atoms with Gasteiger partial charge in [-0.2, -0.15) is 5.26 Å². The second-order valence-electron chi connectivity index (χ2n) is 3.22. The van der Waals surface area contributed by atoms with Crippen molar-refractivity contribution in [3.8, 4) is 6.07 Å². The maximum Gasteiger partial charge on any atom is 0.221 e. The van der Waals surface area contributed by atoms with Crippen LogP contribution < -0.4 is 10.6 Å². The third-order valence-electron chi connectivity index (χ3n) is 2.12. The summed E-state index contributed by atoms with van der Waals surface area (Å²) in [5.41, 5.74) is 1.27. The van der Waals surface area contributed by atoms with E-state index in [1.54, 1.807) is 19.3 Å². The van der Waals surface area contributed by atoms with Crippen LogP contribution in [0.2, 0.25) is 0 Å². The van der Waals surface area contributed by atoms with Crippen LogP contribution in [0.25, 0.3) is 0 Å². The fourth-order valence-electron chi connectivity index (χ4n) is 1.23. The Morgan fingerprint density at radius 1 is 1.62 bits per heavy atom. The first kappa shape index (κ1) is 12.1. The predicted octanol–water partition coefficient (Wildman–Crippen LogP) is 0.179. The van der Waals surface area contributed by atoms with Gasteiger partial charge in [0, 0.05) is 38.3 Å². The van der Waals surface area contributed by atoms with Crippen LogP contribution in [0.3, 0.4) is 0 Å². The lowest BCUT2D eigenvalue weighted by molar-refractivity contribution is -0.120. The van der Waals surface area contributed by atoms with Crippen LogP contribution in [-0.2, 0) is 11.3 Å². The number of hydrogen-bond donors (Lipinski definition) is 2. The standard InChI is InChI=1S/C11H14N4O/c1-13-11(16)4-6-14-8-9-3-2-5-15-10(9)7-12/h2-3,5,14H,4,6,8H2,1H3,(H,13,16). The third-order valence-corrected chi connectivity index (χ3v) is 2.12. The third kappa shape index (κ3) is 3.67. The Morgan fingerprint density at radius 3 is 3.12 bits per heavy atom. The molecule has 0 atom stereocenters. The number of pyridine rings is 1. The maximum absolute atomic E-state index is 10.9. The number of amides is 1. The van der Waals surface area contributed by atoms with E-state index in [1.807, 2.05) is 12.1 Å². The van der Waals surface area contributed by atoms with E-state index < -0.39 is 0 Å². The molecule has 0 saturated heterocycles. The highest BCUT2D eigenvalue weighted by Crippen LogP contribution is 2.02. The zero-order valence-corrected chi connectivity index (χ0v) is 9.16. The van der Waals surface area contributed by atoms with E-state index in [0.29, 0.717) is 25.2 Å². The van der Waals surface area contributed by atoms with Gasteiger partial charge in [0.05, 0.1) is 0 Å². The number of hydrogen-bond acceptors (Lipinski definition) is 4. The molecule has 1 aromatic rings. The summed E-state index contributed by atoms with van der Waals surface area (Å²) in [4.78, 5) is 14.9. The Hall–Kier alpha value is -1.93. The van der Waals surface area contributed by atoms with Crippen molar-refractivity contribution in [3.05, 3.63) is 29.6 Å². The van der Waals surface area contributed by atoms with Crippen molar-refractivity contribution < 1.29 is 4.79 Å². The first-order chi connectivity index (χ1) is 7.77. The number of aromatic nitrogens is 1. The molecule has 5 nitrogen and oxygen atoms in total. The molecule has 0 aromatic carbocycles. The van der Waals surface area contributed by atoms with Crippen molar-refractivity contribution >= 4 is 5.91 Å². The topological polar surface area (TPSA) is 77.8 Å². The molecular formula is C11H14N4O. The summed E-state index contributed by atoms with van der Waals surface area (Å²) >= 11 is 0. The minimum Gasteiger partial charge on any atom is -0.359 e. The van der Waals surface area contributed by atoms with Gasteiger partial charge in [0.15, 0.2) is 0 Å². The summed E-state index contributed by atoms with van der Waals surface area (Å²) in [5.74, 6) is -0.000747. The summed E-state index contributed by atoms with van der Waals surface area (Å²) in [5, 5.41) is 14.4. The van der Waals surface area contributed by atoms with Crippen molar-refractivity contribution in [2.45, 2.75) is 13.0 Å². The van der Waals surface area contributed by atoms with Crippen molar-refractivity contribution in [2.24, 2.45) is 0 Å². The van der Waals surface area contributed by atoms with E-state index in [4.69, 9.17) is 5.26 Å². The highest BCUT2D eigenvalue weighted by atomic mass is 16.1. The van der Waals surface area contributed by atoms with Crippen LogP contribution in [0, 0.1) is 11.3 Å². The van der Waals surface area contributed by atoms with Gasteiger partial charge in [0.2, 0.25) is 5.91 Å². The molecular weight excluding hydrogens is 204 g/mol. The fourth-order valence-corrected chi connectivity index (χ4v) is 1.23. The Labute approximate surface area is 94.5 Å². The molecule has 5 heteroatoms. The first-order valence-corrected chi connectivity index (χ1v) is 5.03. The molecule has 0 spiro atoms. The number of nitrogens with zero attached hydrogens (tertiary/aromatic N) is 2. The molecule has 16 heavy (non-hydrogen) atoms. The minimum atomic E-state index is -0.000747. The van der Waals surface area contributed by atoms with Crippen molar-refractivity contribution in [2.75, 3.05) is 13.6 Å². The summed E-state index contributed by atoms with van der Waals surface area (Å²) in [6.45, 7) is 1.13. The monoisotopic (exact) mass is 218 g/mol. The lowest BCUT2D eigenvalue weighted by Gasteiger charge is -2.05. The lowest BCUT2D eigenvalue weighted by atomic mass is 10.2. The average Bonchev–Trinajstić information content (AvgIpc) is 2.34. The van der Waals surface area contributed by atoms with Gasteiger partial charge in [-0.1, -0.05) is 6.07 Å². The molecule has 0 saturated carbocycles. The summed E-state index contributed by atoms with van der Waals surface area (Å²) < 4.78 is 0. The number of rotatable bonds is 5. The molecule has 0 fully saturated rings. The molecule has 84 valence electrons. The van der Waals surface area contributed by atoms with Crippen LogP contribution in [0.4, 0.5) is 0 Å². The van der Waals surface area contributed by atoms with Crippen LogP contribution in [0.5, 0.6) is 0 Å². The number of carbonyl (C=O) groups excluding carboxylic acids is 1. The molecule has 0 radical (unpaired) electrons. The van der Waals surface area contributed by atoms with Gasteiger partial charge in [-0.15, -0.1) is 0 Å². The molecule has 0 aliphatic carbocycles. The van der Waals surface area contributed by atoms with Crippen LogP contribution in [0.1, 0.15) is 17.7 Å². The first-order valence-electron chi connectivity index (χ1n) is 5.03. The molecule has 1 amide bonds. The van der Waals surface area contributed by atoms with Crippen molar-refractivity contribution in [3.63, 3.8) is 0 Å². The number of carbonyl (C=O) groups is 1. The lowest BCUT2D eigenvalue weighted by Crippen LogP contribution is -2.24. The van der Waals surface area contributed by atoms with Gasteiger partial charge in [0.25, 0.3) is 0 Å². The van der Waals surface area contributed by atoms with Gasteiger partial charge >= 0.3 is 0 Å². The molecule has 0 aliphatic heterocycles. The van der Waals surface area contributed by atoms with Gasteiger partial charge < -0.3 is 10.6 Å². The summed E-state index contributed by atoms with van der Waals surface area (Å²) in [6, 6.07) is 5.66. The molecule has 1 rings (SSSR count). The number of nitriles is 1. The SMILES string of the molecule is CNC(=O)CCNCc1cccnc1C#N. The number of nitrogens with one attached hydrogen (secondary N) is 2. The molecule has 1 heterocycles. The van der Waals surface area contributed by atoms with E-state index in [2.05, 4.69) is 15.6 Å². The van der Waals surface area contributed by atoms with Crippen LogP contribution in [-0.4, -0.2) is 24.5 Å². The second-order valence-corrected chi connectivity index (χ2v) is 3.22. The predicted molar refractivity (Wildman–Crippen MR) is 59.3 cm³/mol. The smallest absolute Gasteiger partial charge is 0.221 e. The van der Waals surface area contributed by atoms with Gasteiger partial charge in [-0.25, -0.2) is 4.98 Å². The van der Waals surface area contributed by atoms with Gasteiger partial charge in [-0.05, 0) is 6.07 Å². The van der Waals surface area contributed by atoms with E-state index in [1.165, 1.54) is 0 Å². The Kier molecular flexibility index (Phi) is 4.96. The van der Waals surface area contributed by atoms with Crippen molar-refractivity contribution in [1.82, 2.24) is 15.6 Å². The van der Waals surface area contributed by atoms with Crippen molar-refractivity contribution in [1.29, 1.82) is 5.26 Å². The van der Waals surface area contributed by atoms with E-state index in [9.17, 15) is 4.79 Å². The van der Waals surface area contributed by atoms with E-state index >= 15 is 0 Å². The normalized spacial score (nSPS) is 9.50. The van der Waals surface area contributed by atoms with Gasteiger partial charge in [-0.3, -0.25) is 4.79 Å². The Balaban J connectivity index is 2.38. The van der Waals surface area contributed by atoms with Crippen LogP contribution >= 0.6 is 0 Å². The zero-order chi connectivity index (χ0) is 11.8. The Bertz CT molecular complexity index is 397. The summed E-state index contributed by atoms with van der Waals surface area (Å²) in [7, 11) is 1.61. The second kappa shape index (κ2) is 6.53. The molecule has 2 N–H and O–H groups in total. The van der Waals surface area contributed by atoms with E-state index in [-0.39, 0.29) is 5.91 Å². The molecule has 0 bridgehead atoms. The highest BCUT2D eigenvalue weighted by Gasteiger charge is 2.02. The quantitative estimate of drug-likeness (QED) is 0.691. The molecule has 0 unspecified atom stereocenters.